The summed E-state index contributed by atoms with van der Waals surface area (Å²) in [5.74, 6) is 1.40. The molecule has 27 heavy (non-hydrogen) atoms. The molecule has 2 rings (SSSR count). The summed E-state index contributed by atoms with van der Waals surface area (Å²) in [4.78, 5) is 6.92. The Morgan fingerprint density at radius 1 is 1.37 bits per heavy atom. The van der Waals surface area contributed by atoms with Gasteiger partial charge in [-0.3, -0.25) is 4.99 Å². The van der Waals surface area contributed by atoms with E-state index in [-0.39, 0.29) is 6.04 Å². The SMILES string of the molecule is CN=C(NCc1ccc(S(=O)(=O)N(C)C(C)C)cc1)N1CCC(COC)C1. The molecule has 0 amide bonds. The van der Waals surface area contributed by atoms with Crippen LogP contribution in [0.4, 0.5) is 0 Å². The highest BCUT2D eigenvalue weighted by Crippen LogP contribution is 2.18. The largest absolute Gasteiger partial charge is 0.384 e. The third kappa shape index (κ3) is 5.43. The minimum atomic E-state index is -3.45. The number of hydrogen-bond acceptors (Lipinski definition) is 4. The van der Waals surface area contributed by atoms with Crippen LogP contribution in [0.3, 0.4) is 0 Å². The van der Waals surface area contributed by atoms with Crippen molar-refractivity contribution in [3.05, 3.63) is 29.8 Å². The maximum absolute atomic E-state index is 12.5. The highest BCUT2D eigenvalue weighted by Gasteiger charge is 2.25. The molecule has 152 valence electrons. The van der Waals surface area contributed by atoms with Gasteiger partial charge in [-0.2, -0.15) is 4.31 Å². The van der Waals surface area contributed by atoms with E-state index < -0.39 is 10.0 Å². The van der Waals surface area contributed by atoms with Gasteiger partial charge < -0.3 is 15.0 Å². The van der Waals surface area contributed by atoms with Gasteiger partial charge in [0.2, 0.25) is 10.0 Å². The van der Waals surface area contributed by atoms with E-state index in [1.807, 2.05) is 26.0 Å². The summed E-state index contributed by atoms with van der Waals surface area (Å²) in [6, 6.07) is 6.94. The molecule has 0 aromatic heterocycles. The molecule has 1 saturated heterocycles. The number of methoxy groups -OCH3 is 1. The summed E-state index contributed by atoms with van der Waals surface area (Å²) in [6.07, 6.45) is 1.10. The Kier molecular flexibility index (Phi) is 7.64. The fraction of sp³-hybridized carbons (Fsp3) is 0.632. The lowest BCUT2D eigenvalue weighted by atomic mass is 10.1. The molecule has 1 aliphatic heterocycles. The number of ether oxygens (including phenoxy) is 1. The van der Waals surface area contributed by atoms with Crippen LogP contribution >= 0.6 is 0 Å². The lowest BCUT2D eigenvalue weighted by molar-refractivity contribution is 0.157. The van der Waals surface area contributed by atoms with Gasteiger partial charge >= 0.3 is 0 Å². The van der Waals surface area contributed by atoms with Gasteiger partial charge in [0, 0.05) is 52.8 Å². The Morgan fingerprint density at radius 2 is 2.04 bits per heavy atom. The quantitative estimate of drug-likeness (QED) is 0.562. The van der Waals surface area contributed by atoms with Gasteiger partial charge in [0.15, 0.2) is 5.96 Å². The van der Waals surface area contributed by atoms with Crippen molar-refractivity contribution < 1.29 is 13.2 Å². The number of rotatable bonds is 7. The molecule has 7 nitrogen and oxygen atoms in total. The van der Waals surface area contributed by atoms with Gasteiger partial charge in [0.25, 0.3) is 0 Å². The summed E-state index contributed by atoms with van der Waals surface area (Å²) in [5.41, 5.74) is 1.01. The molecule has 1 aromatic carbocycles. The van der Waals surface area contributed by atoms with Crippen LogP contribution in [0, 0.1) is 5.92 Å². The second kappa shape index (κ2) is 9.52. The minimum absolute atomic E-state index is 0.0814. The lowest BCUT2D eigenvalue weighted by Crippen LogP contribution is -2.39. The van der Waals surface area contributed by atoms with Gasteiger partial charge in [0.1, 0.15) is 0 Å². The van der Waals surface area contributed by atoms with Crippen LogP contribution in [0.2, 0.25) is 0 Å². The van der Waals surface area contributed by atoms with Gasteiger partial charge in [-0.15, -0.1) is 0 Å². The second-order valence-electron chi connectivity index (χ2n) is 7.22. The molecule has 0 radical (unpaired) electrons. The maximum atomic E-state index is 12.5. The van der Waals surface area contributed by atoms with E-state index in [4.69, 9.17) is 4.74 Å². The number of likely N-dealkylation sites (tertiary alicyclic amines) is 1. The first kappa shape index (κ1) is 21.7. The first-order valence-corrected chi connectivity index (χ1v) is 10.7. The number of sulfonamides is 1. The van der Waals surface area contributed by atoms with Crippen molar-refractivity contribution in [1.82, 2.24) is 14.5 Å². The van der Waals surface area contributed by atoms with Crippen LogP contribution in [0.25, 0.3) is 0 Å². The predicted molar refractivity (Wildman–Crippen MR) is 108 cm³/mol. The number of aliphatic imine (C=N–C) groups is 1. The molecule has 1 atom stereocenters. The first-order valence-electron chi connectivity index (χ1n) is 9.31. The standard InChI is InChI=1S/C19H32N4O3S/c1-15(2)22(4)27(24,25)18-8-6-16(7-9-18)12-21-19(20-3)23-11-10-17(13-23)14-26-5/h6-9,15,17H,10-14H2,1-5H3,(H,20,21). The number of nitrogens with one attached hydrogen (secondary N) is 1. The molecule has 1 heterocycles. The predicted octanol–water partition coefficient (Wildman–Crippen LogP) is 1.76. The zero-order valence-corrected chi connectivity index (χ0v) is 17.8. The maximum Gasteiger partial charge on any atom is 0.243 e. The lowest BCUT2D eigenvalue weighted by Gasteiger charge is -2.22. The minimum Gasteiger partial charge on any atom is -0.384 e. The zero-order chi connectivity index (χ0) is 20.0. The molecule has 8 heteroatoms. The molecule has 0 spiro atoms. The van der Waals surface area contributed by atoms with Crippen molar-refractivity contribution in [3.8, 4) is 0 Å². The van der Waals surface area contributed by atoms with E-state index in [0.29, 0.717) is 17.4 Å². The summed E-state index contributed by atoms with van der Waals surface area (Å²) in [5, 5.41) is 3.36. The zero-order valence-electron chi connectivity index (χ0n) is 17.0. The van der Waals surface area contributed by atoms with Crippen LogP contribution < -0.4 is 5.32 Å². The number of benzene rings is 1. The summed E-state index contributed by atoms with van der Waals surface area (Å²) >= 11 is 0. The first-order chi connectivity index (χ1) is 12.8. The molecule has 1 unspecified atom stereocenters. The smallest absolute Gasteiger partial charge is 0.243 e. The molecule has 1 fully saturated rings. The summed E-state index contributed by atoms with van der Waals surface area (Å²) < 4.78 is 31.7. The van der Waals surface area contributed by atoms with Crippen LogP contribution in [-0.4, -0.2) is 70.5 Å². The Morgan fingerprint density at radius 3 is 2.59 bits per heavy atom. The highest BCUT2D eigenvalue weighted by molar-refractivity contribution is 7.89. The average Bonchev–Trinajstić information content (AvgIpc) is 3.10. The molecule has 1 aromatic rings. The fourth-order valence-electron chi connectivity index (χ4n) is 3.13. The van der Waals surface area contributed by atoms with Crippen molar-refractivity contribution in [1.29, 1.82) is 0 Å². The second-order valence-corrected chi connectivity index (χ2v) is 9.21. The van der Waals surface area contributed by atoms with Crippen molar-refractivity contribution in [2.24, 2.45) is 10.9 Å². The van der Waals surface area contributed by atoms with Crippen molar-refractivity contribution >= 4 is 16.0 Å². The third-order valence-corrected chi connectivity index (χ3v) is 7.03. The monoisotopic (exact) mass is 396 g/mol. The van der Waals surface area contributed by atoms with Crippen LogP contribution in [0.15, 0.2) is 34.2 Å². The summed E-state index contributed by atoms with van der Waals surface area (Å²) in [6.45, 7) is 6.99. The Hall–Kier alpha value is -1.64. The Bertz CT molecular complexity index is 732. The van der Waals surface area contributed by atoms with Gasteiger partial charge in [-0.25, -0.2) is 8.42 Å². The topological polar surface area (TPSA) is 74.2 Å². The van der Waals surface area contributed by atoms with E-state index in [1.54, 1.807) is 33.3 Å². The van der Waals surface area contributed by atoms with E-state index in [9.17, 15) is 8.42 Å². The van der Waals surface area contributed by atoms with Crippen molar-refractivity contribution in [2.75, 3.05) is 40.9 Å². The average molecular weight is 397 g/mol. The summed E-state index contributed by atoms with van der Waals surface area (Å²) in [7, 11) is 1.67. The van der Waals surface area contributed by atoms with Gasteiger partial charge in [0.05, 0.1) is 11.5 Å². The molecule has 1 N–H and O–H groups in total. The van der Waals surface area contributed by atoms with Crippen molar-refractivity contribution in [2.45, 2.75) is 37.8 Å². The Labute approximate surface area is 163 Å². The van der Waals surface area contributed by atoms with Gasteiger partial charge in [-0.05, 0) is 38.0 Å². The third-order valence-electron chi connectivity index (χ3n) is 4.98. The Balaban J connectivity index is 1.96. The van der Waals surface area contributed by atoms with E-state index in [2.05, 4.69) is 15.2 Å². The fourth-order valence-corrected chi connectivity index (χ4v) is 4.50. The number of guanidine groups is 1. The molecule has 0 saturated carbocycles. The van der Waals surface area contributed by atoms with Crippen LogP contribution in [-0.2, 0) is 21.3 Å². The number of hydrogen-bond donors (Lipinski definition) is 1. The molecular formula is C19H32N4O3S. The molecule has 0 aliphatic carbocycles. The van der Waals surface area contributed by atoms with E-state index in [1.165, 1.54) is 4.31 Å². The molecular weight excluding hydrogens is 364 g/mol. The highest BCUT2D eigenvalue weighted by atomic mass is 32.2. The van der Waals surface area contributed by atoms with Crippen LogP contribution in [0.1, 0.15) is 25.8 Å². The number of nitrogens with zero attached hydrogens (tertiary/aromatic N) is 3. The normalized spacial score (nSPS) is 18.6. The van der Waals surface area contributed by atoms with E-state index in [0.717, 1.165) is 37.6 Å². The molecule has 1 aliphatic rings. The van der Waals surface area contributed by atoms with Gasteiger partial charge in [-0.1, -0.05) is 12.1 Å². The van der Waals surface area contributed by atoms with Crippen molar-refractivity contribution in [3.63, 3.8) is 0 Å². The molecule has 0 bridgehead atoms. The van der Waals surface area contributed by atoms with E-state index >= 15 is 0 Å². The van der Waals surface area contributed by atoms with Crippen LogP contribution in [0.5, 0.6) is 0 Å².